The second kappa shape index (κ2) is 27.3. The highest BCUT2D eigenvalue weighted by Gasteiger charge is 2.51. The highest BCUT2D eigenvalue weighted by Crippen LogP contribution is 2.61. The van der Waals surface area contributed by atoms with Crippen molar-refractivity contribution in [3.8, 4) is 0 Å². The van der Waals surface area contributed by atoms with Gasteiger partial charge in [-0.1, -0.05) is 81.5 Å². The molecule has 6 aliphatic rings. The van der Waals surface area contributed by atoms with Crippen LogP contribution >= 0.6 is 57.2 Å². The average molecular weight is 1390 g/mol. The zero-order valence-electron chi connectivity index (χ0n) is 41.6. The second-order valence-electron chi connectivity index (χ2n) is 21.7. The first-order valence-corrected chi connectivity index (χ1v) is 49.7. The Hall–Kier alpha value is 1.52. The molecule has 3 nitrogen and oxygen atoms in total. The van der Waals surface area contributed by atoms with Crippen LogP contribution in [0.3, 0.4) is 0 Å². The van der Waals surface area contributed by atoms with Crippen molar-refractivity contribution in [3.05, 3.63) is 107 Å². The van der Waals surface area contributed by atoms with Gasteiger partial charge in [0.15, 0.2) is 0 Å². The van der Waals surface area contributed by atoms with E-state index in [1.807, 2.05) is 11.3 Å². The van der Waals surface area contributed by atoms with Crippen LogP contribution in [0.2, 0.25) is 29.7 Å². The lowest BCUT2D eigenvalue weighted by molar-refractivity contribution is 0.159. The van der Waals surface area contributed by atoms with Gasteiger partial charge >= 0.3 is 0 Å². The SMILES string of the molecule is C=C1C(c2cccs2)=C([Si](C)(C)C)C[C@@]2(C)C[C@@H](O)C[C@H]12.C[C@@]12CCc3c(cc(Cl)c4ccsc34)[C@H]1C[C@H](O)C2.C[C@@]12CCc3c(cc(Cl)c4sccc34)[C@H]1C[C@H](O)C2.S=S=S=S=S=S=S=S=S=S=S=S=S=S=S. The zero-order chi connectivity index (χ0) is 53.0. The molecule has 2 aromatic carbocycles. The summed E-state index contributed by atoms with van der Waals surface area (Å²) < 4.78 is 2.59. The van der Waals surface area contributed by atoms with Crippen molar-refractivity contribution in [2.24, 2.45) is 22.2 Å². The predicted molar refractivity (Wildman–Crippen MR) is 368 cm³/mol. The molecule has 0 bridgehead atoms. The molecular formula is C50H60Cl2O3S18Si. The van der Waals surface area contributed by atoms with E-state index in [1.165, 1.54) is 89.1 Å². The van der Waals surface area contributed by atoms with E-state index in [0.29, 0.717) is 17.8 Å². The summed E-state index contributed by atoms with van der Waals surface area (Å²) in [4.78, 5) is 1.38. The van der Waals surface area contributed by atoms with Gasteiger partial charge in [-0.2, -0.15) is 0 Å². The number of aliphatic hydroxyl groups excluding tert-OH is 3. The summed E-state index contributed by atoms with van der Waals surface area (Å²) >= 11 is 27.7. The summed E-state index contributed by atoms with van der Waals surface area (Å²) in [5.41, 5.74) is 9.27. The molecule has 0 radical (unpaired) electrons. The van der Waals surface area contributed by atoms with Gasteiger partial charge in [-0.05, 0) is 190 Å². The molecule has 404 valence electrons. The van der Waals surface area contributed by atoms with Crippen LogP contribution in [0.1, 0.15) is 118 Å². The normalized spacial score (nSPS) is 28.1. The fourth-order valence-electron chi connectivity index (χ4n) is 12.9. The summed E-state index contributed by atoms with van der Waals surface area (Å²) in [6.45, 7) is 18.9. The zero-order valence-corrected chi connectivity index (χ0v) is 58.8. The van der Waals surface area contributed by atoms with E-state index in [9.17, 15) is 15.3 Å². The lowest BCUT2D eigenvalue weighted by Crippen LogP contribution is -2.37. The van der Waals surface area contributed by atoms with Crippen LogP contribution in [0.15, 0.2) is 69.9 Å². The smallest absolute Gasteiger partial charge is 0.0733 e. The Morgan fingerprint density at radius 1 is 0.595 bits per heavy atom. The Kier molecular flexibility index (Phi) is 22.7. The molecule has 3 heterocycles. The third-order valence-corrected chi connectivity index (χ3v) is 48.5. The van der Waals surface area contributed by atoms with Crippen LogP contribution in [0.4, 0.5) is 0 Å². The van der Waals surface area contributed by atoms with Crippen molar-refractivity contribution in [3.63, 3.8) is 0 Å². The Labute approximate surface area is 507 Å². The van der Waals surface area contributed by atoms with Gasteiger partial charge in [-0.15, -0.1) is 34.0 Å². The van der Waals surface area contributed by atoms with E-state index in [-0.39, 0.29) is 34.6 Å². The van der Waals surface area contributed by atoms with Gasteiger partial charge in [-0.25, -0.2) is 0 Å². The average Bonchev–Trinajstić information content (AvgIpc) is 4.22. The van der Waals surface area contributed by atoms with Crippen LogP contribution in [0, 0.1) is 22.2 Å². The minimum atomic E-state index is -1.40. The molecule has 0 saturated heterocycles. The van der Waals surface area contributed by atoms with Crippen LogP contribution in [-0.4, -0.2) is 41.7 Å². The standard InChI is InChI=1S/C18H26OSSi.2C16H17ClOS.S15/c1-12-14-9-13(19)10-18(14,2)11-16(21(3,4)5)17(12)15-7-6-8-20-15;1-16-4-2-10-12(13(16)6-9(18)8-16)7-14(17)11-3-5-19-15(10)11;1-16-4-2-10-11-3-5-19-15(11)14(17)7-12(10)13(16)6-9(18)8-16;1-3-5-7-9-11-13-15-14-12-10-8-6-4-2/h6-8,13-14,19H,1,9-11H2,2-5H3;2*3,5,7,9,13,18H,2,4,6,8H2,1H3;/t13-,14+,18+;2*9-,13+,16-;/m000./s1. The summed E-state index contributed by atoms with van der Waals surface area (Å²) in [6.07, 6.45) is 10.9. The molecule has 0 spiro atoms. The molecule has 24 heteroatoms. The number of fused-ring (bicyclic) bond motifs is 11. The van der Waals surface area contributed by atoms with Gasteiger partial charge in [0, 0.05) is 158 Å². The van der Waals surface area contributed by atoms with E-state index >= 15 is 0 Å². The van der Waals surface area contributed by atoms with Crippen molar-refractivity contribution in [1.29, 1.82) is 0 Å². The monoisotopic (exact) mass is 1380 g/mol. The number of benzene rings is 2. The molecule has 6 aliphatic carbocycles. The summed E-state index contributed by atoms with van der Waals surface area (Å²) in [6, 6.07) is 13.1. The van der Waals surface area contributed by atoms with Crippen molar-refractivity contribution >= 4 is 229 Å². The number of thiophene rings is 3. The van der Waals surface area contributed by atoms with E-state index in [1.54, 1.807) is 126 Å². The first kappa shape index (κ1) is 61.6. The van der Waals surface area contributed by atoms with Crippen LogP contribution in [0.5, 0.6) is 0 Å². The molecule has 0 amide bonds. The molecule has 3 N–H and O–H groups in total. The molecule has 0 unspecified atom stereocenters. The molecule has 5 aromatic rings. The van der Waals surface area contributed by atoms with Gasteiger partial charge in [0.2, 0.25) is 0 Å². The molecule has 11 rings (SSSR count). The van der Waals surface area contributed by atoms with Gasteiger partial charge in [-0.3, -0.25) is 0 Å². The van der Waals surface area contributed by atoms with Gasteiger partial charge in [0.25, 0.3) is 0 Å². The van der Waals surface area contributed by atoms with Gasteiger partial charge in [0.05, 0.1) is 36.1 Å². The lowest BCUT2D eigenvalue weighted by atomic mass is 9.66. The third-order valence-electron chi connectivity index (χ3n) is 16.1. The topological polar surface area (TPSA) is 60.7 Å². The minimum Gasteiger partial charge on any atom is -0.393 e. The van der Waals surface area contributed by atoms with Crippen molar-refractivity contribution in [1.82, 2.24) is 0 Å². The molecule has 3 fully saturated rings. The Bertz CT molecular complexity index is 3420. The Morgan fingerprint density at radius 3 is 1.59 bits per heavy atom. The summed E-state index contributed by atoms with van der Waals surface area (Å²) in [5.74, 6) is 1.41. The highest BCUT2D eigenvalue weighted by molar-refractivity contribution is 8.76. The number of halogens is 2. The highest BCUT2D eigenvalue weighted by atomic mass is 35.5. The maximum Gasteiger partial charge on any atom is 0.0733 e. The predicted octanol–water partition coefficient (Wildman–Crippen LogP) is 14.6. The van der Waals surface area contributed by atoms with Crippen molar-refractivity contribution in [2.45, 2.75) is 141 Å². The third kappa shape index (κ3) is 14.3. The number of hydrogen-bond donors (Lipinski definition) is 3. The first-order valence-electron chi connectivity index (χ1n) is 24.1. The Morgan fingerprint density at radius 2 is 1.07 bits per heavy atom. The van der Waals surface area contributed by atoms with Crippen molar-refractivity contribution in [2.75, 3.05) is 0 Å². The maximum absolute atomic E-state index is 10.2. The van der Waals surface area contributed by atoms with E-state index in [0.717, 1.165) is 67.8 Å². The number of rotatable bonds is 2. The summed E-state index contributed by atoms with van der Waals surface area (Å²) in [5, 5.41) is 42.7. The van der Waals surface area contributed by atoms with Gasteiger partial charge in [0.1, 0.15) is 0 Å². The molecule has 9 atom stereocenters. The number of aryl methyl sites for hydroxylation is 2. The molecule has 3 saturated carbocycles. The van der Waals surface area contributed by atoms with Crippen LogP contribution in [-0.2, 0) is 151 Å². The van der Waals surface area contributed by atoms with E-state index < -0.39 is 8.07 Å². The quantitative estimate of drug-likeness (QED) is 0.154. The van der Waals surface area contributed by atoms with E-state index in [2.05, 4.69) is 99.5 Å². The summed E-state index contributed by atoms with van der Waals surface area (Å²) in [7, 11) is 20.3. The van der Waals surface area contributed by atoms with E-state index in [4.69, 9.17) is 45.6 Å². The lowest BCUT2D eigenvalue weighted by Gasteiger charge is -2.43. The minimum absolute atomic E-state index is 0.140. The van der Waals surface area contributed by atoms with Crippen molar-refractivity contribution < 1.29 is 15.3 Å². The van der Waals surface area contributed by atoms with Crippen LogP contribution in [0.25, 0.3) is 25.7 Å². The molecule has 0 aliphatic heterocycles. The molecule has 3 aromatic heterocycles. The van der Waals surface area contributed by atoms with Crippen LogP contribution < -0.4 is 0 Å². The maximum atomic E-state index is 10.2. The second-order valence-corrected chi connectivity index (χ2v) is 53.4. The number of allylic oxidation sites excluding steroid dienone is 3. The fraction of sp³-hybridized carbons (Fsp3) is 0.520. The Balaban J connectivity index is 0.000000132. The van der Waals surface area contributed by atoms with Gasteiger partial charge < -0.3 is 15.3 Å². The number of hydrogen-bond acceptors (Lipinski definition) is 8. The molecule has 74 heavy (non-hydrogen) atoms. The largest absolute Gasteiger partial charge is 0.393 e. The first-order chi connectivity index (χ1) is 35.3. The molecular weight excluding hydrogens is 1320 g/mol. The number of aliphatic hydroxyl groups is 3. The fourth-order valence-corrected chi connectivity index (χ4v) is 48.6.